The molecule has 0 atom stereocenters. The van der Waals surface area contributed by atoms with Crippen LogP contribution in [-0.4, -0.2) is 14.9 Å². The van der Waals surface area contributed by atoms with Gasteiger partial charge >= 0.3 is 0 Å². The summed E-state index contributed by atoms with van der Waals surface area (Å²) in [6.07, 6.45) is 1.95. The van der Waals surface area contributed by atoms with Gasteiger partial charge in [0.15, 0.2) is 5.75 Å². The number of nitrogens with zero attached hydrogens (tertiary/aromatic N) is 2. The lowest BCUT2D eigenvalue weighted by atomic mass is 10.2. The van der Waals surface area contributed by atoms with Gasteiger partial charge in [0.1, 0.15) is 0 Å². The van der Waals surface area contributed by atoms with Gasteiger partial charge in [-0.1, -0.05) is 23.2 Å². The first-order chi connectivity index (χ1) is 8.47. The fourth-order valence-corrected chi connectivity index (χ4v) is 2.17. The zero-order valence-electron chi connectivity index (χ0n) is 10.0. The SMILES string of the molecule is Cc1nn(C)cc1CNc1cc(Cl)c(O)c(Cl)c1. The van der Waals surface area contributed by atoms with Crippen LogP contribution in [0.1, 0.15) is 11.3 Å². The zero-order valence-corrected chi connectivity index (χ0v) is 11.5. The number of rotatable bonds is 3. The number of hydrogen-bond donors (Lipinski definition) is 2. The molecule has 0 radical (unpaired) electrons. The normalized spacial score (nSPS) is 10.7. The largest absolute Gasteiger partial charge is 0.505 e. The van der Waals surface area contributed by atoms with Crippen LogP contribution in [0.3, 0.4) is 0 Å². The maximum atomic E-state index is 9.46. The van der Waals surface area contributed by atoms with Crippen LogP contribution >= 0.6 is 23.2 Å². The average Bonchev–Trinajstić information content (AvgIpc) is 2.62. The predicted octanol–water partition coefficient (Wildman–Crippen LogP) is 3.35. The minimum atomic E-state index is -0.0959. The molecule has 0 spiro atoms. The minimum Gasteiger partial charge on any atom is -0.505 e. The average molecular weight is 286 g/mol. The predicted molar refractivity (Wildman–Crippen MR) is 73.4 cm³/mol. The number of halogens is 2. The maximum absolute atomic E-state index is 9.46. The Labute approximate surface area is 115 Å². The number of phenolic OH excluding ortho intramolecular Hbond substituents is 1. The van der Waals surface area contributed by atoms with Crippen molar-refractivity contribution in [3.05, 3.63) is 39.6 Å². The molecular formula is C12H13Cl2N3O. The van der Waals surface area contributed by atoms with Gasteiger partial charge in [-0.2, -0.15) is 5.10 Å². The molecule has 1 aromatic carbocycles. The smallest absolute Gasteiger partial charge is 0.152 e. The number of aromatic nitrogens is 2. The highest BCUT2D eigenvalue weighted by molar-refractivity contribution is 6.37. The summed E-state index contributed by atoms with van der Waals surface area (Å²) in [5.74, 6) is -0.0959. The number of phenols is 1. The van der Waals surface area contributed by atoms with Crippen LogP contribution in [0.2, 0.25) is 10.0 Å². The van der Waals surface area contributed by atoms with Crippen LogP contribution in [0, 0.1) is 6.92 Å². The van der Waals surface area contributed by atoms with Gasteiger partial charge in [-0.25, -0.2) is 0 Å². The Kier molecular flexibility index (Phi) is 3.68. The molecule has 1 aromatic heterocycles. The summed E-state index contributed by atoms with van der Waals surface area (Å²) in [6.45, 7) is 2.57. The number of benzene rings is 1. The fourth-order valence-electron chi connectivity index (χ4n) is 1.69. The highest BCUT2D eigenvalue weighted by Crippen LogP contribution is 2.34. The molecule has 2 N–H and O–H groups in total. The highest BCUT2D eigenvalue weighted by atomic mass is 35.5. The summed E-state index contributed by atoms with van der Waals surface area (Å²) in [7, 11) is 1.88. The molecule has 0 aliphatic rings. The Balaban J connectivity index is 2.13. The molecule has 6 heteroatoms. The van der Waals surface area contributed by atoms with E-state index in [1.54, 1.807) is 16.8 Å². The number of nitrogens with one attached hydrogen (secondary N) is 1. The van der Waals surface area contributed by atoms with Crippen molar-refractivity contribution in [2.45, 2.75) is 13.5 Å². The van der Waals surface area contributed by atoms with Gasteiger partial charge in [-0.3, -0.25) is 4.68 Å². The van der Waals surface area contributed by atoms with E-state index in [0.717, 1.165) is 16.9 Å². The Morgan fingerprint density at radius 1 is 1.33 bits per heavy atom. The van der Waals surface area contributed by atoms with Crippen LogP contribution in [0.15, 0.2) is 18.3 Å². The molecule has 4 nitrogen and oxygen atoms in total. The van der Waals surface area contributed by atoms with Gasteiger partial charge in [-0.05, 0) is 19.1 Å². The van der Waals surface area contributed by atoms with Crippen molar-refractivity contribution in [3.63, 3.8) is 0 Å². The van der Waals surface area contributed by atoms with E-state index >= 15 is 0 Å². The third kappa shape index (κ3) is 2.71. The van der Waals surface area contributed by atoms with E-state index in [1.807, 2.05) is 20.2 Å². The molecular weight excluding hydrogens is 273 g/mol. The number of aryl methyl sites for hydroxylation is 2. The first-order valence-corrected chi connectivity index (χ1v) is 6.14. The Morgan fingerprint density at radius 3 is 2.44 bits per heavy atom. The van der Waals surface area contributed by atoms with Crippen LogP contribution in [-0.2, 0) is 13.6 Å². The third-order valence-corrected chi connectivity index (χ3v) is 3.19. The lowest BCUT2D eigenvalue weighted by Gasteiger charge is -2.08. The molecule has 0 amide bonds. The molecule has 2 aromatic rings. The van der Waals surface area contributed by atoms with Crippen LogP contribution in [0.25, 0.3) is 0 Å². The van der Waals surface area contributed by atoms with Crippen molar-refractivity contribution in [1.82, 2.24) is 9.78 Å². The number of aromatic hydroxyl groups is 1. The first kappa shape index (κ1) is 13.1. The van der Waals surface area contributed by atoms with Gasteiger partial charge in [0.25, 0.3) is 0 Å². The summed E-state index contributed by atoms with van der Waals surface area (Å²) < 4.78 is 1.77. The minimum absolute atomic E-state index is 0.0959. The van der Waals surface area contributed by atoms with Crippen molar-refractivity contribution in [2.75, 3.05) is 5.32 Å². The molecule has 18 heavy (non-hydrogen) atoms. The van der Waals surface area contributed by atoms with E-state index in [2.05, 4.69) is 10.4 Å². The van der Waals surface area contributed by atoms with Crippen LogP contribution in [0.4, 0.5) is 5.69 Å². The summed E-state index contributed by atoms with van der Waals surface area (Å²) in [4.78, 5) is 0. The van der Waals surface area contributed by atoms with E-state index in [0.29, 0.717) is 6.54 Å². The molecule has 0 aliphatic carbocycles. The first-order valence-electron chi connectivity index (χ1n) is 5.38. The zero-order chi connectivity index (χ0) is 13.3. The van der Waals surface area contributed by atoms with Crippen LogP contribution in [0.5, 0.6) is 5.75 Å². The van der Waals surface area contributed by atoms with E-state index in [4.69, 9.17) is 23.2 Å². The Bertz CT molecular complexity index is 558. The van der Waals surface area contributed by atoms with E-state index < -0.39 is 0 Å². The van der Waals surface area contributed by atoms with Gasteiger partial charge in [0.2, 0.25) is 0 Å². The number of anilines is 1. The van der Waals surface area contributed by atoms with Crippen molar-refractivity contribution in [2.24, 2.45) is 7.05 Å². The van der Waals surface area contributed by atoms with Crippen molar-refractivity contribution in [3.8, 4) is 5.75 Å². The fraction of sp³-hybridized carbons (Fsp3) is 0.250. The van der Waals surface area contributed by atoms with Gasteiger partial charge in [0.05, 0.1) is 15.7 Å². The second kappa shape index (κ2) is 5.08. The van der Waals surface area contributed by atoms with Crippen molar-refractivity contribution >= 4 is 28.9 Å². The standard InChI is InChI=1S/C12H13Cl2N3O/c1-7-8(6-17(2)16-7)5-15-9-3-10(13)12(18)11(14)4-9/h3-4,6,15,18H,5H2,1-2H3. The number of hydrogen-bond acceptors (Lipinski definition) is 3. The lowest BCUT2D eigenvalue weighted by molar-refractivity contribution is 0.476. The summed E-state index contributed by atoms with van der Waals surface area (Å²) >= 11 is 11.7. The molecule has 0 aliphatic heterocycles. The molecule has 0 saturated carbocycles. The van der Waals surface area contributed by atoms with E-state index in [-0.39, 0.29) is 15.8 Å². The van der Waals surface area contributed by atoms with E-state index in [1.165, 1.54) is 0 Å². The molecule has 0 fully saturated rings. The topological polar surface area (TPSA) is 50.1 Å². The highest BCUT2D eigenvalue weighted by Gasteiger charge is 2.07. The van der Waals surface area contributed by atoms with Gasteiger partial charge in [0, 0.05) is 31.0 Å². The van der Waals surface area contributed by atoms with Crippen LogP contribution < -0.4 is 5.32 Å². The third-order valence-electron chi connectivity index (χ3n) is 2.61. The second-order valence-electron chi connectivity index (χ2n) is 4.06. The monoisotopic (exact) mass is 285 g/mol. The molecule has 0 bridgehead atoms. The quantitative estimate of drug-likeness (QED) is 0.851. The van der Waals surface area contributed by atoms with Gasteiger partial charge in [-0.15, -0.1) is 0 Å². The van der Waals surface area contributed by atoms with Gasteiger partial charge < -0.3 is 10.4 Å². The Morgan fingerprint density at radius 2 is 1.94 bits per heavy atom. The molecule has 96 valence electrons. The van der Waals surface area contributed by atoms with Crippen molar-refractivity contribution in [1.29, 1.82) is 0 Å². The summed E-state index contributed by atoms with van der Waals surface area (Å²) in [5, 5.41) is 17.4. The lowest BCUT2D eigenvalue weighted by Crippen LogP contribution is -1.99. The Hall–Kier alpha value is -1.39. The molecule has 1 heterocycles. The molecule has 0 saturated heterocycles. The molecule has 0 unspecified atom stereocenters. The van der Waals surface area contributed by atoms with E-state index in [9.17, 15) is 5.11 Å². The summed E-state index contributed by atoms with van der Waals surface area (Å²) in [5.41, 5.74) is 2.82. The second-order valence-corrected chi connectivity index (χ2v) is 4.87. The van der Waals surface area contributed by atoms with Crippen molar-refractivity contribution < 1.29 is 5.11 Å². The maximum Gasteiger partial charge on any atom is 0.152 e. The summed E-state index contributed by atoms with van der Waals surface area (Å²) in [6, 6.07) is 3.27. The molecule has 2 rings (SSSR count).